The molecular weight excluding hydrogens is 417 g/mol. The molecule has 8 heteroatoms. The van der Waals surface area contributed by atoms with Gasteiger partial charge >= 0.3 is 0 Å². The Hall–Kier alpha value is -1.34. The van der Waals surface area contributed by atoms with Gasteiger partial charge in [-0.2, -0.15) is 0 Å². The topological polar surface area (TPSA) is 77.2 Å². The summed E-state index contributed by atoms with van der Waals surface area (Å²) in [4.78, 5) is 16.1. The summed E-state index contributed by atoms with van der Waals surface area (Å²) >= 11 is 3.36. The van der Waals surface area contributed by atoms with Crippen LogP contribution in [0.5, 0.6) is 11.6 Å². The minimum atomic E-state index is -0.164. The van der Waals surface area contributed by atoms with Gasteiger partial charge in [-0.1, -0.05) is 22.9 Å². The molecule has 1 unspecified atom stereocenters. The molecule has 3 N–H and O–H groups in total. The third-order valence-electron chi connectivity index (χ3n) is 3.05. The molecule has 0 fully saturated rings. The van der Waals surface area contributed by atoms with Crippen LogP contribution in [0.1, 0.15) is 17.3 Å². The van der Waals surface area contributed by atoms with Crippen molar-refractivity contribution < 1.29 is 9.53 Å². The van der Waals surface area contributed by atoms with E-state index in [1.807, 2.05) is 31.2 Å². The molecular formula is C16H20BrCl2N3O2. The first kappa shape index (κ1) is 22.7. The molecule has 0 aliphatic rings. The number of benzene rings is 1. The first-order chi connectivity index (χ1) is 10.6. The number of aromatic nitrogens is 1. The molecule has 0 spiro atoms. The average Bonchev–Trinajstić information content (AvgIpc) is 2.55. The summed E-state index contributed by atoms with van der Waals surface area (Å²) in [7, 11) is 0. The highest BCUT2D eigenvalue weighted by Crippen LogP contribution is 2.21. The first-order valence-corrected chi connectivity index (χ1v) is 7.75. The summed E-state index contributed by atoms with van der Waals surface area (Å²) in [6, 6.07) is 10.8. The van der Waals surface area contributed by atoms with Crippen LogP contribution in [0, 0.1) is 5.92 Å². The van der Waals surface area contributed by atoms with Crippen LogP contribution in [0.4, 0.5) is 0 Å². The van der Waals surface area contributed by atoms with Crippen molar-refractivity contribution in [2.45, 2.75) is 6.92 Å². The maximum atomic E-state index is 11.9. The zero-order valence-corrected chi connectivity index (χ0v) is 16.3. The fraction of sp³-hybridized carbons (Fsp3) is 0.250. The van der Waals surface area contributed by atoms with Crippen LogP contribution >= 0.6 is 40.7 Å². The normalized spacial score (nSPS) is 10.8. The number of hydrogen-bond donors (Lipinski definition) is 2. The van der Waals surface area contributed by atoms with Gasteiger partial charge in [-0.3, -0.25) is 4.79 Å². The Morgan fingerprint density at radius 3 is 2.46 bits per heavy atom. The van der Waals surface area contributed by atoms with Gasteiger partial charge < -0.3 is 15.8 Å². The first-order valence-electron chi connectivity index (χ1n) is 6.96. The van der Waals surface area contributed by atoms with E-state index in [4.69, 9.17) is 10.5 Å². The van der Waals surface area contributed by atoms with E-state index in [-0.39, 0.29) is 36.6 Å². The number of nitrogens with zero attached hydrogens (tertiary/aromatic N) is 1. The van der Waals surface area contributed by atoms with Crippen molar-refractivity contribution in [3.63, 3.8) is 0 Å². The molecule has 0 saturated carbocycles. The molecule has 5 nitrogen and oxygen atoms in total. The number of carbonyl (C=O) groups excluding carboxylic acids is 1. The zero-order chi connectivity index (χ0) is 15.9. The number of ether oxygens (including phenoxy) is 1. The van der Waals surface area contributed by atoms with Crippen LogP contribution in [-0.4, -0.2) is 24.0 Å². The molecule has 0 bridgehead atoms. The number of nitrogens with two attached hydrogens (primary N) is 1. The number of pyridine rings is 1. The van der Waals surface area contributed by atoms with Crippen LogP contribution < -0.4 is 15.8 Å². The Bertz CT molecular complexity index is 624. The molecule has 1 amide bonds. The highest BCUT2D eigenvalue weighted by molar-refractivity contribution is 9.10. The van der Waals surface area contributed by atoms with Gasteiger partial charge in [0.25, 0.3) is 5.91 Å². The lowest BCUT2D eigenvalue weighted by molar-refractivity contribution is 0.0948. The van der Waals surface area contributed by atoms with Crippen molar-refractivity contribution in [3.05, 3.63) is 52.6 Å². The van der Waals surface area contributed by atoms with Gasteiger partial charge in [0.05, 0.1) is 5.56 Å². The zero-order valence-electron chi connectivity index (χ0n) is 13.1. The third-order valence-corrected chi connectivity index (χ3v) is 3.58. The third kappa shape index (κ3) is 7.05. The average molecular weight is 437 g/mol. The second-order valence-electron chi connectivity index (χ2n) is 4.99. The van der Waals surface area contributed by atoms with Crippen LogP contribution in [0.25, 0.3) is 0 Å². The Kier molecular flexibility index (Phi) is 10.6. The molecule has 0 aliphatic heterocycles. The van der Waals surface area contributed by atoms with Gasteiger partial charge in [0, 0.05) is 23.3 Å². The van der Waals surface area contributed by atoms with Gasteiger partial charge in [-0.25, -0.2) is 4.98 Å². The quantitative estimate of drug-likeness (QED) is 0.721. The van der Waals surface area contributed by atoms with Crippen molar-refractivity contribution in [1.29, 1.82) is 0 Å². The van der Waals surface area contributed by atoms with Crippen molar-refractivity contribution in [2.24, 2.45) is 11.7 Å². The Labute approximate surface area is 162 Å². The van der Waals surface area contributed by atoms with Crippen LogP contribution in [-0.2, 0) is 0 Å². The van der Waals surface area contributed by atoms with E-state index in [0.29, 0.717) is 30.3 Å². The molecule has 0 saturated heterocycles. The van der Waals surface area contributed by atoms with Crippen LogP contribution in [0.3, 0.4) is 0 Å². The minimum Gasteiger partial charge on any atom is -0.439 e. The number of nitrogens with one attached hydrogen (secondary N) is 1. The van der Waals surface area contributed by atoms with E-state index in [1.165, 1.54) is 6.20 Å². The van der Waals surface area contributed by atoms with Gasteiger partial charge in [-0.15, -0.1) is 24.8 Å². The number of rotatable bonds is 6. The summed E-state index contributed by atoms with van der Waals surface area (Å²) in [5.41, 5.74) is 6.01. The smallest absolute Gasteiger partial charge is 0.252 e. The Morgan fingerprint density at radius 2 is 1.92 bits per heavy atom. The molecule has 0 radical (unpaired) electrons. The van der Waals surface area contributed by atoms with Gasteiger partial charge in [0.15, 0.2) is 0 Å². The summed E-state index contributed by atoms with van der Waals surface area (Å²) in [5, 5.41) is 2.82. The van der Waals surface area contributed by atoms with Crippen molar-refractivity contribution >= 4 is 46.7 Å². The van der Waals surface area contributed by atoms with Crippen molar-refractivity contribution in [3.8, 4) is 11.6 Å². The molecule has 1 aromatic carbocycles. The molecule has 0 aliphatic carbocycles. The number of carbonyl (C=O) groups is 1. The van der Waals surface area contributed by atoms with E-state index in [1.54, 1.807) is 12.1 Å². The maximum absolute atomic E-state index is 11.9. The predicted octanol–water partition coefficient (Wildman–Crippen LogP) is 3.80. The highest BCUT2D eigenvalue weighted by atomic mass is 79.9. The second-order valence-corrected chi connectivity index (χ2v) is 5.91. The standard InChI is InChI=1S/C16H18BrN3O2.2ClH/c1-11(8-18)9-20-16(21)12-2-7-15(19-10-12)22-14-5-3-13(17)4-6-14;;/h2-7,10-11H,8-9,18H2,1H3,(H,20,21);2*1H. The van der Waals surface area contributed by atoms with Crippen LogP contribution in [0.15, 0.2) is 47.1 Å². The van der Waals surface area contributed by atoms with Crippen molar-refractivity contribution in [1.82, 2.24) is 10.3 Å². The lowest BCUT2D eigenvalue weighted by Gasteiger charge is -2.10. The van der Waals surface area contributed by atoms with E-state index >= 15 is 0 Å². The molecule has 2 rings (SSSR count). The monoisotopic (exact) mass is 435 g/mol. The Morgan fingerprint density at radius 1 is 1.25 bits per heavy atom. The molecule has 132 valence electrons. The second kappa shape index (κ2) is 11.3. The Balaban J connectivity index is 0.00000264. The lowest BCUT2D eigenvalue weighted by atomic mass is 10.2. The fourth-order valence-corrected chi connectivity index (χ4v) is 1.92. The number of halogens is 3. The van der Waals surface area contributed by atoms with E-state index in [0.717, 1.165) is 4.47 Å². The summed E-state index contributed by atoms with van der Waals surface area (Å²) in [6.45, 7) is 3.07. The van der Waals surface area contributed by atoms with Gasteiger partial charge in [-0.05, 0) is 42.8 Å². The highest BCUT2D eigenvalue weighted by Gasteiger charge is 2.08. The predicted molar refractivity (Wildman–Crippen MR) is 104 cm³/mol. The maximum Gasteiger partial charge on any atom is 0.252 e. The largest absolute Gasteiger partial charge is 0.439 e. The van der Waals surface area contributed by atoms with Gasteiger partial charge in [0.2, 0.25) is 5.88 Å². The van der Waals surface area contributed by atoms with E-state index in [9.17, 15) is 4.79 Å². The summed E-state index contributed by atoms with van der Waals surface area (Å²) in [6.07, 6.45) is 1.50. The molecule has 1 heterocycles. The number of amides is 1. The SMILES string of the molecule is CC(CN)CNC(=O)c1ccc(Oc2ccc(Br)cc2)nc1.Cl.Cl. The van der Waals surface area contributed by atoms with Crippen molar-refractivity contribution in [2.75, 3.05) is 13.1 Å². The lowest BCUT2D eigenvalue weighted by Crippen LogP contribution is -2.31. The van der Waals surface area contributed by atoms with E-state index < -0.39 is 0 Å². The fourth-order valence-electron chi connectivity index (χ4n) is 1.65. The molecule has 1 aromatic heterocycles. The van der Waals surface area contributed by atoms with Gasteiger partial charge in [0.1, 0.15) is 5.75 Å². The molecule has 2 aromatic rings. The minimum absolute atomic E-state index is 0. The summed E-state index contributed by atoms with van der Waals surface area (Å²) in [5.74, 6) is 1.21. The molecule has 24 heavy (non-hydrogen) atoms. The molecule has 1 atom stereocenters. The summed E-state index contributed by atoms with van der Waals surface area (Å²) < 4.78 is 6.58. The van der Waals surface area contributed by atoms with Crippen LogP contribution in [0.2, 0.25) is 0 Å². The number of hydrogen-bond acceptors (Lipinski definition) is 4. The van der Waals surface area contributed by atoms with E-state index in [2.05, 4.69) is 26.2 Å².